The highest BCUT2D eigenvalue weighted by atomic mass is 32.2. The number of amides is 2. The lowest BCUT2D eigenvalue weighted by molar-refractivity contribution is -0.384. The molecular formula is C18H17N3O4S. The Bertz CT molecular complexity index is 817. The van der Waals surface area contributed by atoms with Gasteiger partial charge < -0.3 is 10.6 Å². The number of nitro benzene ring substituents is 1. The van der Waals surface area contributed by atoms with E-state index in [2.05, 4.69) is 10.6 Å². The topological polar surface area (TPSA) is 101 Å². The quantitative estimate of drug-likeness (QED) is 0.439. The van der Waals surface area contributed by atoms with Crippen molar-refractivity contribution in [3.05, 3.63) is 58.6 Å². The molecule has 8 heteroatoms. The number of benzene rings is 2. The standard InChI is InChI=1S/C18H17N3O4S/c22-17(19-13-3-7-15(8-4-13)21(24)25)11-26-16-9-5-14(6-10-16)20-18(23)12-1-2-12/h3-10,12H,1-2,11H2,(H,19,22)(H,20,23). The Kier molecular flexibility index (Phi) is 5.52. The Labute approximate surface area is 154 Å². The molecular weight excluding hydrogens is 354 g/mol. The second-order valence-electron chi connectivity index (χ2n) is 5.93. The van der Waals surface area contributed by atoms with E-state index in [1.807, 2.05) is 24.3 Å². The number of carbonyl (C=O) groups is 2. The van der Waals surface area contributed by atoms with E-state index in [1.165, 1.54) is 36.0 Å². The smallest absolute Gasteiger partial charge is 0.269 e. The summed E-state index contributed by atoms with van der Waals surface area (Å²) in [7, 11) is 0. The predicted molar refractivity (Wildman–Crippen MR) is 100 cm³/mol. The zero-order valence-corrected chi connectivity index (χ0v) is 14.6. The van der Waals surface area contributed by atoms with Crippen molar-refractivity contribution in [2.75, 3.05) is 16.4 Å². The summed E-state index contributed by atoms with van der Waals surface area (Å²) in [6.07, 6.45) is 1.92. The van der Waals surface area contributed by atoms with Gasteiger partial charge in [-0.25, -0.2) is 0 Å². The summed E-state index contributed by atoms with van der Waals surface area (Å²) in [5.41, 5.74) is 1.24. The third-order valence-electron chi connectivity index (χ3n) is 3.80. The predicted octanol–water partition coefficient (Wildman–Crippen LogP) is 3.67. The number of hydrogen-bond acceptors (Lipinski definition) is 5. The van der Waals surface area contributed by atoms with Gasteiger partial charge in [0.25, 0.3) is 5.69 Å². The Balaban J connectivity index is 1.46. The van der Waals surface area contributed by atoms with Crippen LogP contribution in [-0.2, 0) is 9.59 Å². The van der Waals surface area contributed by atoms with Crippen molar-refractivity contribution in [1.82, 2.24) is 0 Å². The van der Waals surface area contributed by atoms with Crippen molar-refractivity contribution >= 4 is 40.6 Å². The average molecular weight is 371 g/mol. The van der Waals surface area contributed by atoms with Crippen LogP contribution in [0.1, 0.15) is 12.8 Å². The minimum Gasteiger partial charge on any atom is -0.326 e. The molecule has 7 nitrogen and oxygen atoms in total. The lowest BCUT2D eigenvalue weighted by Gasteiger charge is -2.07. The molecule has 0 aliphatic heterocycles. The molecule has 0 spiro atoms. The molecule has 0 unspecified atom stereocenters. The molecule has 0 radical (unpaired) electrons. The summed E-state index contributed by atoms with van der Waals surface area (Å²) >= 11 is 1.37. The van der Waals surface area contributed by atoms with Gasteiger partial charge in [0.15, 0.2) is 0 Å². The van der Waals surface area contributed by atoms with E-state index in [0.717, 1.165) is 23.4 Å². The van der Waals surface area contributed by atoms with E-state index in [4.69, 9.17) is 0 Å². The third kappa shape index (κ3) is 5.06. The maximum absolute atomic E-state index is 12.0. The fraction of sp³-hybridized carbons (Fsp3) is 0.222. The highest BCUT2D eigenvalue weighted by molar-refractivity contribution is 8.00. The number of hydrogen-bond donors (Lipinski definition) is 2. The van der Waals surface area contributed by atoms with Crippen LogP contribution in [0.3, 0.4) is 0 Å². The Morgan fingerprint density at radius 3 is 2.15 bits per heavy atom. The van der Waals surface area contributed by atoms with Crippen LogP contribution in [0.2, 0.25) is 0 Å². The van der Waals surface area contributed by atoms with Gasteiger partial charge in [0.1, 0.15) is 0 Å². The molecule has 0 saturated heterocycles. The summed E-state index contributed by atoms with van der Waals surface area (Å²) in [6.45, 7) is 0. The molecule has 1 aliphatic carbocycles. The van der Waals surface area contributed by atoms with Gasteiger partial charge in [-0.15, -0.1) is 11.8 Å². The fourth-order valence-corrected chi connectivity index (χ4v) is 2.94. The molecule has 0 bridgehead atoms. The molecule has 2 N–H and O–H groups in total. The maximum atomic E-state index is 12.0. The van der Waals surface area contributed by atoms with Gasteiger partial charge >= 0.3 is 0 Å². The van der Waals surface area contributed by atoms with E-state index in [9.17, 15) is 19.7 Å². The number of nitrogens with one attached hydrogen (secondary N) is 2. The molecule has 0 aromatic heterocycles. The fourth-order valence-electron chi connectivity index (χ4n) is 2.24. The zero-order chi connectivity index (χ0) is 18.5. The molecule has 1 fully saturated rings. The van der Waals surface area contributed by atoms with Gasteiger partial charge in [0.2, 0.25) is 11.8 Å². The monoisotopic (exact) mass is 371 g/mol. The number of rotatable bonds is 7. The van der Waals surface area contributed by atoms with Crippen LogP contribution < -0.4 is 10.6 Å². The van der Waals surface area contributed by atoms with E-state index in [-0.39, 0.29) is 29.2 Å². The summed E-state index contributed by atoms with van der Waals surface area (Å²) in [5.74, 6) is 0.236. The number of carbonyl (C=O) groups excluding carboxylic acids is 2. The van der Waals surface area contributed by atoms with Gasteiger partial charge in [-0.2, -0.15) is 0 Å². The number of non-ortho nitro benzene ring substituents is 1. The lowest BCUT2D eigenvalue weighted by atomic mass is 10.3. The van der Waals surface area contributed by atoms with E-state index >= 15 is 0 Å². The van der Waals surface area contributed by atoms with Gasteiger partial charge in [-0.05, 0) is 49.2 Å². The first-order chi connectivity index (χ1) is 12.5. The van der Waals surface area contributed by atoms with Crippen molar-refractivity contribution in [2.24, 2.45) is 5.92 Å². The zero-order valence-electron chi connectivity index (χ0n) is 13.8. The van der Waals surface area contributed by atoms with Gasteiger partial charge in [-0.1, -0.05) is 0 Å². The largest absolute Gasteiger partial charge is 0.326 e. The normalized spacial score (nSPS) is 13.1. The van der Waals surface area contributed by atoms with Crippen molar-refractivity contribution in [1.29, 1.82) is 0 Å². The minimum atomic E-state index is -0.488. The Morgan fingerprint density at radius 1 is 1.00 bits per heavy atom. The van der Waals surface area contributed by atoms with Crippen molar-refractivity contribution in [2.45, 2.75) is 17.7 Å². The summed E-state index contributed by atoms with van der Waals surface area (Å²) < 4.78 is 0. The van der Waals surface area contributed by atoms with Gasteiger partial charge in [0, 0.05) is 34.3 Å². The molecule has 2 aromatic rings. The van der Waals surface area contributed by atoms with E-state index in [0.29, 0.717) is 5.69 Å². The Hall–Kier alpha value is -2.87. The molecule has 26 heavy (non-hydrogen) atoms. The second kappa shape index (κ2) is 8.01. The molecule has 2 aromatic carbocycles. The highest BCUT2D eigenvalue weighted by Gasteiger charge is 2.29. The summed E-state index contributed by atoms with van der Waals surface area (Å²) in [5, 5.41) is 16.2. The number of anilines is 2. The van der Waals surface area contributed by atoms with Crippen LogP contribution >= 0.6 is 11.8 Å². The van der Waals surface area contributed by atoms with E-state index in [1.54, 1.807) is 0 Å². The van der Waals surface area contributed by atoms with Gasteiger partial charge in [0.05, 0.1) is 10.7 Å². The Morgan fingerprint density at radius 2 is 1.58 bits per heavy atom. The first-order valence-electron chi connectivity index (χ1n) is 8.09. The van der Waals surface area contributed by atoms with E-state index < -0.39 is 4.92 Å². The SMILES string of the molecule is O=C(CSc1ccc(NC(=O)C2CC2)cc1)Nc1ccc([N+](=O)[O-])cc1. The van der Waals surface area contributed by atoms with Crippen LogP contribution in [0.15, 0.2) is 53.4 Å². The van der Waals surface area contributed by atoms with Crippen LogP contribution in [0.25, 0.3) is 0 Å². The van der Waals surface area contributed by atoms with Crippen molar-refractivity contribution in [3.8, 4) is 0 Å². The molecule has 0 heterocycles. The number of thioether (sulfide) groups is 1. The molecule has 134 valence electrons. The average Bonchev–Trinajstić information content (AvgIpc) is 3.47. The second-order valence-corrected chi connectivity index (χ2v) is 6.98. The van der Waals surface area contributed by atoms with Crippen molar-refractivity contribution in [3.63, 3.8) is 0 Å². The number of nitrogens with zero attached hydrogens (tertiary/aromatic N) is 1. The van der Waals surface area contributed by atoms with Crippen LogP contribution in [0.5, 0.6) is 0 Å². The maximum Gasteiger partial charge on any atom is 0.269 e. The molecule has 2 amide bonds. The van der Waals surface area contributed by atoms with Crippen LogP contribution in [0.4, 0.5) is 17.1 Å². The highest BCUT2D eigenvalue weighted by Crippen LogP contribution is 2.30. The molecule has 0 atom stereocenters. The van der Waals surface area contributed by atoms with Gasteiger partial charge in [-0.3, -0.25) is 19.7 Å². The van der Waals surface area contributed by atoms with Crippen LogP contribution in [0, 0.1) is 16.0 Å². The molecule has 1 aliphatic rings. The first-order valence-corrected chi connectivity index (χ1v) is 9.08. The first kappa shape index (κ1) is 17.9. The van der Waals surface area contributed by atoms with Crippen molar-refractivity contribution < 1.29 is 14.5 Å². The lowest BCUT2D eigenvalue weighted by Crippen LogP contribution is -2.14. The number of nitro groups is 1. The van der Waals surface area contributed by atoms with Crippen LogP contribution in [-0.4, -0.2) is 22.5 Å². The summed E-state index contributed by atoms with van der Waals surface area (Å²) in [6, 6.07) is 13.0. The molecule has 3 rings (SSSR count). The third-order valence-corrected chi connectivity index (χ3v) is 4.81. The summed E-state index contributed by atoms with van der Waals surface area (Å²) in [4.78, 5) is 34.7. The minimum absolute atomic E-state index is 0.0220. The molecule has 1 saturated carbocycles.